The number of thiocarbonyl (C=S) groups is 1. The SMILES string of the molecule is CCC(CSC)Nc1cc(C(N)=S)c2ccccc2n1. The molecule has 0 saturated carbocycles. The molecule has 0 radical (unpaired) electrons. The number of anilines is 1. The van der Waals surface area contributed by atoms with E-state index in [0.29, 0.717) is 11.0 Å². The van der Waals surface area contributed by atoms with Gasteiger partial charge in [0.05, 0.1) is 5.52 Å². The molecular weight excluding hydrogens is 286 g/mol. The second-order valence-corrected chi connectivity index (χ2v) is 5.99. The number of para-hydroxylation sites is 1. The lowest BCUT2D eigenvalue weighted by Gasteiger charge is -2.17. The largest absolute Gasteiger partial charge is 0.389 e. The van der Waals surface area contributed by atoms with E-state index in [2.05, 4.69) is 23.5 Å². The third-order valence-electron chi connectivity index (χ3n) is 3.19. The van der Waals surface area contributed by atoms with Crippen molar-refractivity contribution in [1.29, 1.82) is 0 Å². The molecule has 1 heterocycles. The third kappa shape index (κ3) is 3.41. The molecule has 0 aliphatic carbocycles. The first-order chi connectivity index (χ1) is 9.65. The fourth-order valence-corrected chi connectivity index (χ4v) is 3.02. The molecule has 2 aromatic rings. The van der Waals surface area contributed by atoms with Crippen LogP contribution in [0.2, 0.25) is 0 Å². The van der Waals surface area contributed by atoms with Crippen molar-refractivity contribution < 1.29 is 0 Å². The van der Waals surface area contributed by atoms with Gasteiger partial charge in [0.1, 0.15) is 10.8 Å². The Morgan fingerprint density at radius 3 is 2.85 bits per heavy atom. The van der Waals surface area contributed by atoms with Gasteiger partial charge in [-0.15, -0.1) is 0 Å². The number of rotatable bonds is 6. The van der Waals surface area contributed by atoms with E-state index in [1.54, 1.807) is 0 Å². The van der Waals surface area contributed by atoms with Gasteiger partial charge < -0.3 is 11.1 Å². The molecule has 20 heavy (non-hydrogen) atoms. The van der Waals surface area contributed by atoms with Crippen molar-refractivity contribution in [3.05, 3.63) is 35.9 Å². The number of nitrogens with one attached hydrogen (secondary N) is 1. The van der Waals surface area contributed by atoms with Gasteiger partial charge in [-0.1, -0.05) is 37.3 Å². The summed E-state index contributed by atoms with van der Waals surface area (Å²) < 4.78 is 0. The van der Waals surface area contributed by atoms with Gasteiger partial charge >= 0.3 is 0 Å². The third-order valence-corrected chi connectivity index (χ3v) is 4.15. The number of hydrogen-bond acceptors (Lipinski definition) is 4. The molecule has 0 saturated heterocycles. The lowest BCUT2D eigenvalue weighted by atomic mass is 10.1. The van der Waals surface area contributed by atoms with E-state index in [1.165, 1.54) is 0 Å². The number of fused-ring (bicyclic) bond motifs is 1. The fraction of sp³-hybridized carbons (Fsp3) is 0.333. The summed E-state index contributed by atoms with van der Waals surface area (Å²) in [7, 11) is 0. The van der Waals surface area contributed by atoms with Crippen LogP contribution in [0.5, 0.6) is 0 Å². The van der Waals surface area contributed by atoms with E-state index in [-0.39, 0.29) is 0 Å². The first-order valence-corrected chi connectivity index (χ1v) is 8.41. The molecule has 3 nitrogen and oxygen atoms in total. The van der Waals surface area contributed by atoms with Crippen molar-refractivity contribution >= 4 is 45.7 Å². The number of benzene rings is 1. The average molecular weight is 305 g/mol. The topological polar surface area (TPSA) is 50.9 Å². The molecule has 0 aliphatic rings. The monoisotopic (exact) mass is 305 g/mol. The molecule has 106 valence electrons. The van der Waals surface area contributed by atoms with Gasteiger partial charge in [-0.05, 0) is 24.8 Å². The van der Waals surface area contributed by atoms with E-state index >= 15 is 0 Å². The summed E-state index contributed by atoms with van der Waals surface area (Å²) in [4.78, 5) is 5.06. The molecule has 3 N–H and O–H groups in total. The predicted octanol–water partition coefficient (Wildman–Crippen LogP) is 3.42. The zero-order valence-electron chi connectivity index (χ0n) is 11.7. The Labute approximate surface area is 129 Å². The molecule has 1 atom stereocenters. The van der Waals surface area contributed by atoms with Gasteiger partial charge in [0.15, 0.2) is 0 Å². The molecule has 1 aromatic heterocycles. The van der Waals surface area contributed by atoms with Crippen molar-refractivity contribution in [2.24, 2.45) is 5.73 Å². The number of nitrogens with zero attached hydrogens (tertiary/aromatic N) is 1. The lowest BCUT2D eigenvalue weighted by molar-refractivity contribution is 0.771. The normalized spacial score (nSPS) is 12.3. The van der Waals surface area contributed by atoms with Crippen LogP contribution in [0.15, 0.2) is 30.3 Å². The van der Waals surface area contributed by atoms with Crippen LogP contribution in [0.4, 0.5) is 5.82 Å². The lowest BCUT2D eigenvalue weighted by Crippen LogP contribution is -2.22. The number of hydrogen-bond donors (Lipinski definition) is 2. The Hall–Kier alpha value is -1.33. The zero-order chi connectivity index (χ0) is 14.5. The summed E-state index contributed by atoms with van der Waals surface area (Å²) in [6.07, 6.45) is 3.16. The number of nitrogens with two attached hydrogens (primary N) is 1. The van der Waals surface area contributed by atoms with Gasteiger partial charge in [0.2, 0.25) is 0 Å². The zero-order valence-corrected chi connectivity index (χ0v) is 13.4. The summed E-state index contributed by atoms with van der Waals surface area (Å²) in [5.41, 5.74) is 7.64. The second-order valence-electron chi connectivity index (χ2n) is 4.64. The fourth-order valence-electron chi connectivity index (χ4n) is 2.13. The van der Waals surface area contributed by atoms with Crippen LogP contribution in [-0.2, 0) is 0 Å². The van der Waals surface area contributed by atoms with E-state index in [0.717, 1.165) is 34.5 Å². The van der Waals surface area contributed by atoms with Crippen molar-refractivity contribution in [2.45, 2.75) is 19.4 Å². The summed E-state index contributed by atoms with van der Waals surface area (Å²) in [6, 6.07) is 10.3. The molecule has 2 rings (SSSR count). The Morgan fingerprint density at radius 2 is 2.20 bits per heavy atom. The summed E-state index contributed by atoms with van der Waals surface area (Å²) in [5, 5.41) is 4.47. The standard InChI is InChI=1S/C15H19N3S2/c1-3-10(9-20-2)17-14-8-12(15(16)19)11-6-4-5-7-13(11)18-14/h4-8,10H,3,9H2,1-2H3,(H2,16,19)(H,17,18). The highest BCUT2D eigenvalue weighted by Crippen LogP contribution is 2.21. The highest BCUT2D eigenvalue weighted by atomic mass is 32.2. The summed E-state index contributed by atoms with van der Waals surface area (Å²) in [6.45, 7) is 2.17. The number of thioether (sulfide) groups is 1. The first kappa shape index (κ1) is 15.1. The average Bonchev–Trinajstić information content (AvgIpc) is 2.45. The smallest absolute Gasteiger partial charge is 0.127 e. The highest BCUT2D eigenvalue weighted by molar-refractivity contribution is 7.98. The highest BCUT2D eigenvalue weighted by Gasteiger charge is 2.10. The second kappa shape index (κ2) is 6.90. The Kier molecular flexibility index (Phi) is 5.20. The van der Waals surface area contributed by atoms with E-state index in [9.17, 15) is 0 Å². The molecule has 5 heteroatoms. The molecular formula is C15H19N3S2. The maximum atomic E-state index is 5.84. The van der Waals surface area contributed by atoms with Gasteiger partial charge in [0.25, 0.3) is 0 Å². The van der Waals surface area contributed by atoms with Gasteiger partial charge in [-0.2, -0.15) is 11.8 Å². The molecule has 0 aliphatic heterocycles. The maximum Gasteiger partial charge on any atom is 0.127 e. The molecule has 0 bridgehead atoms. The minimum Gasteiger partial charge on any atom is -0.389 e. The molecule has 0 amide bonds. The Balaban J connectivity index is 2.42. The van der Waals surface area contributed by atoms with Gasteiger partial charge in [0, 0.05) is 22.7 Å². The van der Waals surface area contributed by atoms with Crippen LogP contribution >= 0.6 is 24.0 Å². The summed E-state index contributed by atoms with van der Waals surface area (Å²) in [5.74, 6) is 1.89. The van der Waals surface area contributed by atoms with E-state index in [4.69, 9.17) is 18.0 Å². The van der Waals surface area contributed by atoms with Crippen molar-refractivity contribution in [2.75, 3.05) is 17.3 Å². The van der Waals surface area contributed by atoms with E-state index < -0.39 is 0 Å². The van der Waals surface area contributed by atoms with Crippen LogP contribution in [0, 0.1) is 0 Å². The molecule has 0 spiro atoms. The number of pyridine rings is 1. The van der Waals surface area contributed by atoms with Crippen LogP contribution in [-0.4, -0.2) is 28.0 Å². The van der Waals surface area contributed by atoms with Crippen LogP contribution in [0.25, 0.3) is 10.9 Å². The quantitative estimate of drug-likeness (QED) is 0.801. The van der Waals surface area contributed by atoms with Crippen molar-refractivity contribution in [3.8, 4) is 0 Å². The van der Waals surface area contributed by atoms with Crippen molar-refractivity contribution in [1.82, 2.24) is 4.98 Å². The molecule has 1 aromatic carbocycles. The van der Waals surface area contributed by atoms with Crippen molar-refractivity contribution in [3.63, 3.8) is 0 Å². The molecule has 1 unspecified atom stereocenters. The van der Waals surface area contributed by atoms with Gasteiger partial charge in [-0.3, -0.25) is 0 Å². The number of aromatic nitrogens is 1. The minimum absolute atomic E-state index is 0.401. The Bertz CT molecular complexity index is 613. The van der Waals surface area contributed by atoms with Gasteiger partial charge in [-0.25, -0.2) is 4.98 Å². The predicted molar refractivity (Wildman–Crippen MR) is 93.7 cm³/mol. The summed E-state index contributed by atoms with van der Waals surface area (Å²) >= 11 is 6.99. The van der Waals surface area contributed by atoms with Crippen LogP contribution in [0.1, 0.15) is 18.9 Å². The Morgan fingerprint density at radius 1 is 1.45 bits per heavy atom. The first-order valence-electron chi connectivity index (χ1n) is 6.60. The van der Waals surface area contributed by atoms with Crippen LogP contribution in [0.3, 0.4) is 0 Å². The van der Waals surface area contributed by atoms with Crippen LogP contribution < -0.4 is 11.1 Å². The van der Waals surface area contributed by atoms with E-state index in [1.807, 2.05) is 42.1 Å². The minimum atomic E-state index is 0.401. The molecule has 0 fully saturated rings. The maximum absolute atomic E-state index is 5.84.